The molecule has 5 heteroatoms. The molecule has 0 saturated carbocycles. The number of para-hydroxylation sites is 1. The van der Waals surface area contributed by atoms with Gasteiger partial charge in [0, 0.05) is 12.1 Å². The summed E-state index contributed by atoms with van der Waals surface area (Å²) in [5.74, 6) is 0. The van der Waals surface area contributed by atoms with Crippen molar-refractivity contribution in [3.63, 3.8) is 0 Å². The van der Waals surface area contributed by atoms with Crippen LogP contribution in [-0.4, -0.2) is 9.49 Å². The van der Waals surface area contributed by atoms with Crippen molar-refractivity contribution >= 4 is 5.69 Å². The van der Waals surface area contributed by atoms with Crippen molar-refractivity contribution in [2.75, 3.05) is 0 Å². The average molecular weight is 230 g/mol. The molecule has 0 spiro atoms. The molecular weight excluding hydrogens is 220 g/mol. The van der Waals surface area contributed by atoms with E-state index in [9.17, 15) is 14.9 Å². The Morgan fingerprint density at radius 2 is 1.88 bits per heavy atom. The van der Waals surface area contributed by atoms with E-state index in [-0.39, 0.29) is 11.2 Å². The Balaban J connectivity index is 2.67. The van der Waals surface area contributed by atoms with Gasteiger partial charge in [-0.25, -0.2) is 0 Å². The maximum absolute atomic E-state index is 11.7. The van der Waals surface area contributed by atoms with Crippen molar-refractivity contribution in [3.8, 4) is 5.69 Å². The Bertz CT molecular complexity index is 632. The largest absolute Gasteiger partial charge is 0.286 e. The third kappa shape index (κ3) is 2.08. The number of benzene rings is 1. The van der Waals surface area contributed by atoms with Crippen LogP contribution in [0.4, 0.5) is 5.69 Å². The molecule has 0 unspecified atom stereocenters. The van der Waals surface area contributed by atoms with Crippen molar-refractivity contribution in [2.24, 2.45) is 0 Å². The van der Waals surface area contributed by atoms with Crippen LogP contribution in [0, 0.1) is 17.0 Å². The second-order valence-electron chi connectivity index (χ2n) is 3.64. The van der Waals surface area contributed by atoms with Crippen molar-refractivity contribution in [1.29, 1.82) is 0 Å². The predicted molar refractivity (Wildman–Crippen MR) is 63.4 cm³/mol. The highest BCUT2D eigenvalue weighted by Gasteiger charge is 2.09. The molecule has 0 aliphatic rings. The maximum Gasteiger partial charge on any atom is 0.286 e. The highest BCUT2D eigenvalue weighted by Crippen LogP contribution is 2.14. The van der Waals surface area contributed by atoms with Crippen LogP contribution in [0.2, 0.25) is 0 Å². The van der Waals surface area contributed by atoms with Gasteiger partial charge in [0.05, 0.1) is 16.8 Å². The van der Waals surface area contributed by atoms with Crippen LogP contribution in [0.1, 0.15) is 5.56 Å². The molecule has 0 fully saturated rings. The fraction of sp³-hybridized carbons (Fsp3) is 0.0833. The van der Waals surface area contributed by atoms with Crippen LogP contribution >= 0.6 is 0 Å². The molecule has 1 aromatic carbocycles. The maximum atomic E-state index is 11.7. The smallest absolute Gasteiger partial charge is 0.277 e. The predicted octanol–water partition coefficient (Wildman–Crippen LogP) is 2.05. The SMILES string of the molecule is Cc1ccccc1-n1cc([N+](=O)[O-])ccc1=O. The minimum Gasteiger partial charge on any atom is -0.277 e. The topological polar surface area (TPSA) is 65.1 Å². The van der Waals surface area contributed by atoms with E-state index in [4.69, 9.17) is 0 Å². The van der Waals surface area contributed by atoms with Crippen LogP contribution in [0.25, 0.3) is 5.69 Å². The number of aromatic nitrogens is 1. The zero-order valence-corrected chi connectivity index (χ0v) is 9.16. The van der Waals surface area contributed by atoms with Gasteiger partial charge in [0.2, 0.25) is 0 Å². The van der Waals surface area contributed by atoms with E-state index < -0.39 is 4.92 Å². The van der Waals surface area contributed by atoms with E-state index >= 15 is 0 Å². The highest BCUT2D eigenvalue weighted by molar-refractivity contribution is 5.42. The van der Waals surface area contributed by atoms with Crippen molar-refractivity contribution in [2.45, 2.75) is 6.92 Å². The first-order valence-corrected chi connectivity index (χ1v) is 5.03. The zero-order chi connectivity index (χ0) is 12.4. The monoisotopic (exact) mass is 230 g/mol. The molecule has 0 radical (unpaired) electrons. The Kier molecular flexibility index (Phi) is 2.74. The normalized spacial score (nSPS) is 10.2. The van der Waals surface area contributed by atoms with Gasteiger partial charge in [-0.1, -0.05) is 18.2 Å². The number of nitro groups is 1. The van der Waals surface area contributed by atoms with E-state index in [1.54, 1.807) is 12.1 Å². The lowest BCUT2D eigenvalue weighted by Gasteiger charge is -2.07. The second-order valence-corrected chi connectivity index (χ2v) is 3.64. The van der Waals surface area contributed by atoms with Gasteiger partial charge in [0.1, 0.15) is 0 Å². The molecule has 5 nitrogen and oxygen atoms in total. The van der Waals surface area contributed by atoms with Crippen molar-refractivity contribution < 1.29 is 4.92 Å². The summed E-state index contributed by atoms with van der Waals surface area (Å²) in [7, 11) is 0. The van der Waals surface area contributed by atoms with Crippen LogP contribution in [-0.2, 0) is 0 Å². The molecule has 17 heavy (non-hydrogen) atoms. The summed E-state index contributed by atoms with van der Waals surface area (Å²) in [6.45, 7) is 1.85. The van der Waals surface area contributed by atoms with Crippen LogP contribution in [0.15, 0.2) is 47.4 Å². The molecule has 1 heterocycles. The summed E-state index contributed by atoms with van der Waals surface area (Å²) in [4.78, 5) is 21.8. The van der Waals surface area contributed by atoms with E-state index in [0.29, 0.717) is 5.69 Å². The molecule has 1 aromatic heterocycles. The Labute approximate surface area is 97.1 Å². The number of nitrogens with zero attached hydrogens (tertiary/aromatic N) is 2. The summed E-state index contributed by atoms with van der Waals surface area (Å²) in [6, 6.07) is 9.64. The van der Waals surface area contributed by atoms with E-state index in [1.165, 1.54) is 22.9 Å². The summed E-state index contributed by atoms with van der Waals surface area (Å²) in [6.07, 6.45) is 1.24. The van der Waals surface area contributed by atoms with Gasteiger partial charge in [0.25, 0.3) is 11.2 Å². The first-order valence-electron chi connectivity index (χ1n) is 5.03. The van der Waals surface area contributed by atoms with Gasteiger partial charge in [0.15, 0.2) is 0 Å². The lowest BCUT2D eigenvalue weighted by molar-refractivity contribution is -0.385. The zero-order valence-electron chi connectivity index (χ0n) is 9.16. The molecule has 0 aliphatic heterocycles. The molecule has 86 valence electrons. The quantitative estimate of drug-likeness (QED) is 0.585. The third-order valence-corrected chi connectivity index (χ3v) is 2.48. The highest BCUT2D eigenvalue weighted by atomic mass is 16.6. The minimum atomic E-state index is -0.520. The van der Waals surface area contributed by atoms with Crippen LogP contribution in [0.5, 0.6) is 0 Å². The molecule has 0 bridgehead atoms. The first-order chi connectivity index (χ1) is 8.09. The van der Waals surface area contributed by atoms with Gasteiger partial charge in [-0.3, -0.25) is 19.5 Å². The van der Waals surface area contributed by atoms with Gasteiger partial charge < -0.3 is 0 Å². The lowest BCUT2D eigenvalue weighted by Crippen LogP contribution is -2.17. The molecular formula is C12H10N2O3. The molecule has 2 rings (SSSR count). The Morgan fingerprint density at radius 3 is 2.53 bits per heavy atom. The molecule has 0 N–H and O–H groups in total. The Hall–Kier alpha value is -2.43. The molecule has 0 amide bonds. The van der Waals surface area contributed by atoms with Gasteiger partial charge in [-0.05, 0) is 18.6 Å². The van der Waals surface area contributed by atoms with E-state index in [2.05, 4.69) is 0 Å². The third-order valence-electron chi connectivity index (χ3n) is 2.48. The fourth-order valence-electron chi connectivity index (χ4n) is 1.61. The Morgan fingerprint density at radius 1 is 1.18 bits per heavy atom. The standard InChI is InChI=1S/C12H10N2O3/c1-9-4-2-3-5-11(9)13-8-10(14(16)17)6-7-12(13)15/h2-8H,1H3. The van der Waals surface area contributed by atoms with Crippen molar-refractivity contribution in [3.05, 3.63) is 68.6 Å². The summed E-state index contributed by atoms with van der Waals surface area (Å²) in [5, 5.41) is 10.7. The number of aryl methyl sites for hydroxylation is 1. The summed E-state index contributed by atoms with van der Waals surface area (Å²) < 4.78 is 1.29. The number of hydrogen-bond donors (Lipinski definition) is 0. The summed E-state index contributed by atoms with van der Waals surface area (Å²) in [5.41, 5.74) is 1.15. The van der Waals surface area contributed by atoms with Crippen LogP contribution < -0.4 is 5.56 Å². The number of pyridine rings is 1. The molecule has 0 aliphatic carbocycles. The minimum absolute atomic E-state index is 0.104. The van der Waals surface area contributed by atoms with Crippen LogP contribution in [0.3, 0.4) is 0 Å². The first kappa shape index (κ1) is 11.1. The molecule has 2 aromatic rings. The molecule has 0 atom stereocenters. The van der Waals surface area contributed by atoms with E-state index in [1.807, 2.05) is 19.1 Å². The van der Waals surface area contributed by atoms with Gasteiger partial charge in [-0.2, -0.15) is 0 Å². The molecule has 0 saturated heterocycles. The number of rotatable bonds is 2. The fourth-order valence-corrected chi connectivity index (χ4v) is 1.61. The second kappa shape index (κ2) is 4.21. The lowest BCUT2D eigenvalue weighted by atomic mass is 10.2. The van der Waals surface area contributed by atoms with Gasteiger partial charge in [-0.15, -0.1) is 0 Å². The van der Waals surface area contributed by atoms with Crippen molar-refractivity contribution in [1.82, 2.24) is 4.57 Å². The average Bonchev–Trinajstić information content (AvgIpc) is 2.30. The van der Waals surface area contributed by atoms with E-state index in [0.717, 1.165) is 5.56 Å². The van der Waals surface area contributed by atoms with Gasteiger partial charge >= 0.3 is 0 Å². The number of hydrogen-bond acceptors (Lipinski definition) is 3. The summed E-state index contributed by atoms with van der Waals surface area (Å²) >= 11 is 0.